The highest BCUT2D eigenvalue weighted by Crippen LogP contribution is 2.50. The van der Waals surface area contributed by atoms with Crippen molar-refractivity contribution < 1.29 is 9.53 Å². The molecule has 4 aliphatic carbocycles. The van der Waals surface area contributed by atoms with E-state index in [1.807, 2.05) is 0 Å². The van der Waals surface area contributed by atoms with E-state index in [-0.39, 0.29) is 0 Å². The molecule has 0 amide bonds. The lowest BCUT2D eigenvalue weighted by atomic mass is 9.83. The standard InChI is InChI=1S/C11H20.C9H13NO.C5H12.C3H5NO.2C3H8/c1-8(2)5-11-7-9-3-4-10(11)6-9;11-6-10-5-9-4-7-1-2-8(9)3-7;1-4-5(2)3;1-2-5-3-4;2*1-3-2/h8-11H,3-7H2,1-2H3;7-9H,1-5H2;5H,4H2,1-3H3;2H2,1H3;2*3H2,1-2H3. The number of nitrogens with zero attached hydrogens (tertiary/aromatic N) is 2. The van der Waals surface area contributed by atoms with Gasteiger partial charge in [-0.1, -0.05) is 94.4 Å². The van der Waals surface area contributed by atoms with Gasteiger partial charge in [-0.3, -0.25) is 0 Å². The van der Waals surface area contributed by atoms with Gasteiger partial charge in [0.2, 0.25) is 6.08 Å². The summed E-state index contributed by atoms with van der Waals surface area (Å²) in [6.07, 6.45) is 20.2. The minimum absolute atomic E-state index is 0.483. The van der Waals surface area contributed by atoms with E-state index in [4.69, 9.17) is 5.26 Å². The minimum Gasteiger partial charge on any atom is -0.428 e. The number of hydrogen-bond donors (Lipinski definition) is 0. The first-order valence-corrected chi connectivity index (χ1v) is 16.2. The molecule has 0 aromatic carbocycles. The zero-order chi connectivity index (χ0) is 29.3. The van der Waals surface area contributed by atoms with Crippen molar-refractivity contribution in [1.29, 1.82) is 5.26 Å². The second kappa shape index (κ2) is 25.9. The number of nitriles is 1. The van der Waals surface area contributed by atoms with Crippen LogP contribution >= 0.6 is 0 Å². The van der Waals surface area contributed by atoms with E-state index in [1.165, 1.54) is 57.6 Å². The quantitative estimate of drug-likeness (QED) is 0.193. The van der Waals surface area contributed by atoms with Gasteiger partial charge < -0.3 is 4.74 Å². The Bertz CT molecular complexity index is 604. The fraction of sp³-hybridized carbons (Fsp3) is 0.941. The van der Waals surface area contributed by atoms with E-state index in [0.717, 1.165) is 53.9 Å². The average Bonchev–Trinajstić information content (AvgIpc) is 3.68. The molecule has 4 fully saturated rings. The second-order valence-corrected chi connectivity index (χ2v) is 12.7. The number of rotatable bonds is 6. The maximum absolute atomic E-state index is 9.88. The summed E-state index contributed by atoms with van der Waals surface area (Å²) in [7, 11) is 0. The summed E-state index contributed by atoms with van der Waals surface area (Å²) < 4.78 is 4.14. The summed E-state index contributed by atoms with van der Waals surface area (Å²) in [5, 5.41) is 7.59. The first kappa shape index (κ1) is 38.8. The Morgan fingerprint density at radius 2 is 1.21 bits per heavy atom. The Labute approximate surface area is 238 Å². The van der Waals surface area contributed by atoms with Gasteiger partial charge in [-0.05, 0) is 99.2 Å². The fourth-order valence-electron chi connectivity index (χ4n) is 6.09. The molecule has 224 valence electrons. The maximum atomic E-state index is 9.88. The van der Waals surface area contributed by atoms with Crippen molar-refractivity contribution in [1.82, 2.24) is 0 Å². The van der Waals surface area contributed by atoms with Crippen LogP contribution in [0.2, 0.25) is 0 Å². The molecular weight excluding hydrogens is 468 g/mol. The van der Waals surface area contributed by atoms with Crippen LogP contribution in [0.5, 0.6) is 0 Å². The second-order valence-electron chi connectivity index (χ2n) is 12.7. The summed E-state index contributed by atoms with van der Waals surface area (Å²) in [5.41, 5.74) is 0. The van der Waals surface area contributed by atoms with Gasteiger partial charge in [-0.2, -0.15) is 5.26 Å². The van der Waals surface area contributed by atoms with Gasteiger partial charge in [0.1, 0.15) is 0 Å². The topological polar surface area (TPSA) is 62.4 Å². The zero-order valence-electron chi connectivity index (χ0n) is 27.2. The van der Waals surface area contributed by atoms with Crippen LogP contribution in [0.25, 0.3) is 0 Å². The third kappa shape index (κ3) is 19.7. The molecule has 0 heterocycles. The fourth-order valence-corrected chi connectivity index (χ4v) is 6.09. The van der Waals surface area contributed by atoms with Crippen molar-refractivity contribution in [2.24, 2.45) is 52.3 Å². The molecule has 0 aliphatic heterocycles. The van der Waals surface area contributed by atoms with Crippen LogP contribution in [0, 0.1) is 58.9 Å². The number of hydrogen-bond acceptors (Lipinski definition) is 4. The lowest BCUT2D eigenvalue weighted by Gasteiger charge is -2.22. The van der Waals surface area contributed by atoms with Gasteiger partial charge in [-0.25, -0.2) is 9.79 Å². The van der Waals surface area contributed by atoms with E-state index < -0.39 is 0 Å². The molecule has 4 bridgehead atoms. The Balaban J connectivity index is 0. The van der Waals surface area contributed by atoms with Crippen molar-refractivity contribution in [3.05, 3.63) is 0 Å². The molecule has 4 rings (SSSR count). The van der Waals surface area contributed by atoms with Crippen molar-refractivity contribution in [2.75, 3.05) is 13.2 Å². The lowest BCUT2D eigenvalue weighted by Crippen LogP contribution is -2.13. The van der Waals surface area contributed by atoms with Crippen LogP contribution in [0.3, 0.4) is 0 Å². The number of carbonyl (C=O) groups excluding carboxylic acids is 1. The molecule has 4 aliphatic rings. The smallest absolute Gasteiger partial charge is 0.286 e. The predicted molar refractivity (Wildman–Crippen MR) is 165 cm³/mol. The summed E-state index contributed by atoms with van der Waals surface area (Å²) in [4.78, 5) is 13.5. The molecule has 0 aromatic heterocycles. The molecule has 4 nitrogen and oxygen atoms in total. The van der Waals surface area contributed by atoms with Crippen LogP contribution in [0.4, 0.5) is 0 Å². The van der Waals surface area contributed by atoms with E-state index >= 15 is 0 Å². The van der Waals surface area contributed by atoms with E-state index in [1.54, 1.807) is 38.7 Å². The molecular formula is C34H66N2O2. The Kier molecular flexibility index (Phi) is 26.5. The van der Waals surface area contributed by atoms with E-state index in [0.29, 0.717) is 6.61 Å². The van der Waals surface area contributed by atoms with Gasteiger partial charge in [0.15, 0.2) is 0 Å². The molecule has 0 spiro atoms. The highest BCUT2D eigenvalue weighted by atomic mass is 16.5. The molecule has 0 radical (unpaired) electrons. The number of ether oxygens (including phenoxy) is 1. The summed E-state index contributed by atoms with van der Waals surface area (Å²) in [6.45, 7) is 22.9. The molecule has 38 heavy (non-hydrogen) atoms. The first-order chi connectivity index (χ1) is 18.2. The molecule has 6 atom stereocenters. The normalized spacial score (nSPS) is 26.9. The molecule has 0 aromatic rings. The minimum atomic E-state index is 0.483. The van der Waals surface area contributed by atoms with Crippen LogP contribution in [-0.4, -0.2) is 19.2 Å². The van der Waals surface area contributed by atoms with Crippen molar-refractivity contribution >= 4 is 6.08 Å². The van der Waals surface area contributed by atoms with Crippen molar-refractivity contribution in [3.63, 3.8) is 0 Å². The van der Waals surface area contributed by atoms with Gasteiger partial charge in [-0.15, -0.1) is 0 Å². The highest BCUT2D eigenvalue weighted by molar-refractivity contribution is 5.32. The predicted octanol–water partition coefficient (Wildman–Crippen LogP) is 10.6. The van der Waals surface area contributed by atoms with Gasteiger partial charge in [0.05, 0.1) is 13.2 Å². The number of aliphatic imine (C=N–C) groups is 1. The summed E-state index contributed by atoms with van der Waals surface area (Å²) >= 11 is 0. The average molecular weight is 535 g/mol. The van der Waals surface area contributed by atoms with Crippen LogP contribution in [-0.2, 0) is 9.53 Å². The van der Waals surface area contributed by atoms with Gasteiger partial charge in [0, 0.05) is 0 Å². The van der Waals surface area contributed by atoms with Crippen LogP contribution in [0.15, 0.2) is 4.99 Å². The monoisotopic (exact) mass is 535 g/mol. The molecule has 0 N–H and O–H groups in total. The highest BCUT2D eigenvalue weighted by Gasteiger charge is 2.39. The van der Waals surface area contributed by atoms with Crippen LogP contribution in [0.1, 0.15) is 146 Å². The zero-order valence-corrected chi connectivity index (χ0v) is 27.2. The van der Waals surface area contributed by atoms with E-state index in [2.05, 4.69) is 72.0 Å². The third-order valence-electron chi connectivity index (χ3n) is 7.96. The lowest BCUT2D eigenvalue weighted by molar-refractivity contribution is 0.283. The van der Waals surface area contributed by atoms with Gasteiger partial charge in [0.25, 0.3) is 6.26 Å². The Morgan fingerprint density at radius 3 is 1.45 bits per heavy atom. The Morgan fingerprint density at radius 1 is 0.763 bits per heavy atom. The first-order valence-electron chi connectivity index (χ1n) is 16.2. The summed E-state index contributed by atoms with van der Waals surface area (Å²) in [6, 6.07) is 0. The van der Waals surface area contributed by atoms with Gasteiger partial charge >= 0.3 is 0 Å². The summed E-state index contributed by atoms with van der Waals surface area (Å²) in [5.74, 6) is 7.79. The molecule has 0 saturated heterocycles. The molecule has 4 saturated carbocycles. The van der Waals surface area contributed by atoms with Crippen molar-refractivity contribution in [2.45, 2.75) is 146 Å². The third-order valence-corrected chi connectivity index (χ3v) is 7.96. The molecule has 6 unspecified atom stereocenters. The molecule has 4 heteroatoms. The SMILES string of the molecule is CC(C)CC1CC2CCC1C2.CCC.CCC.CCC(C)C.CCOC#N.O=C=NCC1CC2CCC1C2. The Hall–Kier alpha value is -1.33. The van der Waals surface area contributed by atoms with Crippen molar-refractivity contribution in [3.8, 4) is 6.26 Å². The van der Waals surface area contributed by atoms with E-state index in [9.17, 15) is 4.79 Å². The number of isocyanates is 1. The number of fused-ring (bicyclic) bond motifs is 4. The largest absolute Gasteiger partial charge is 0.428 e. The van der Waals surface area contributed by atoms with Crippen LogP contribution < -0.4 is 0 Å². The maximum Gasteiger partial charge on any atom is 0.286 e.